The van der Waals surface area contributed by atoms with Gasteiger partial charge < -0.3 is 43.7 Å². The van der Waals surface area contributed by atoms with E-state index < -0.39 is 41.0 Å². The van der Waals surface area contributed by atoms with Crippen molar-refractivity contribution in [3.05, 3.63) is 0 Å². The third kappa shape index (κ3) is 163. The molecule has 0 amide bonds. The van der Waals surface area contributed by atoms with E-state index in [0.29, 0.717) is 26.2 Å². The monoisotopic (exact) mass is 820 g/mol. The molecule has 0 atom stereocenters. The molecule has 30 heteroatoms. The fourth-order valence-electron chi connectivity index (χ4n) is 2.07. The first-order chi connectivity index (χ1) is 16.8. The molecule has 0 aliphatic heterocycles. The topological polar surface area (TPSA) is 546 Å². The van der Waals surface area contributed by atoms with E-state index in [1.807, 2.05) is 0 Å². The minimum Gasteiger partial charge on any atom is -0.457 e. The summed E-state index contributed by atoms with van der Waals surface area (Å²) in [4.78, 5) is 4.66. The van der Waals surface area contributed by atoms with Crippen molar-refractivity contribution in [1.29, 1.82) is 0 Å². The first-order valence-electron chi connectivity index (χ1n) is 9.50. The molecule has 0 unspecified atom stereocenters. The van der Waals surface area contributed by atoms with Gasteiger partial charge in [0.15, 0.2) is 0 Å². The van der Waals surface area contributed by atoms with Gasteiger partial charge in [-0.2, -0.15) is 0 Å². The van der Waals surface area contributed by atoms with Crippen LogP contribution in [0.5, 0.6) is 0 Å². The molecule has 0 heterocycles. The van der Waals surface area contributed by atoms with Crippen LogP contribution in [0.15, 0.2) is 0 Å². The Kier molecular flexibility index (Phi) is 60.2. The summed E-state index contributed by atoms with van der Waals surface area (Å²) < 4.78 is 136. The van der Waals surface area contributed by atoms with E-state index in [4.69, 9.17) is 97.5 Å². The molecular formula is C12H38Cl4Cu2N6O18+2. The molecule has 0 aliphatic rings. The summed E-state index contributed by atoms with van der Waals surface area (Å²) in [5.74, 6) is 0. The molecule has 0 rings (SSSR count). The van der Waals surface area contributed by atoms with Crippen LogP contribution in [0.1, 0.15) is 12.8 Å². The fraction of sp³-hybridized carbons (Fsp3) is 1.00. The molecule has 0 saturated heterocycles. The first-order valence-corrected chi connectivity index (χ1v) is 14.4. The average molecular weight is 823 g/mol. The van der Waals surface area contributed by atoms with Crippen molar-refractivity contribution in [1.82, 2.24) is 9.80 Å². The van der Waals surface area contributed by atoms with E-state index >= 15 is 0 Å². The van der Waals surface area contributed by atoms with E-state index in [9.17, 15) is 0 Å². The summed E-state index contributed by atoms with van der Waals surface area (Å²) in [6.07, 6.45) is 2.34. The maximum absolute atomic E-state index is 8.49. The summed E-state index contributed by atoms with van der Waals surface area (Å²) in [5, 5.41) is 0. The molecule has 0 aromatic heterocycles. The molecule has 42 heavy (non-hydrogen) atoms. The van der Waals surface area contributed by atoms with E-state index in [2.05, 4.69) is 9.80 Å². The summed E-state index contributed by atoms with van der Waals surface area (Å²) in [7, 11) is -19.8. The van der Waals surface area contributed by atoms with Gasteiger partial charge in [0.2, 0.25) is 0 Å². The van der Waals surface area contributed by atoms with Gasteiger partial charge in [-0.3, -0.25) is 0 Å². The molecule has 0 bridgehead atoms. The van der Waals surface area contributed by atoms with Crippen molar-refractivity contribution in [2.75, 3.05) is 65.4 Å². The van der Waals surface area contributed by atoms with Crippen molar-refractivity contribution in [2.24, 2.45) is 22.9 Å². The van der Waals surface area contributed by atoms with Crippen LogP contribution in [0.2, 0.25) is 0 Å². The van der Waals surface area contributed by atoms with Crippen LogP contribution in [-0.4, -0.2) is 75.2 Å². The third-order valence-corrected chi connectivity index (χ3v) is 2.98. The van der Waals surface area contributed by atoms with Crippen LogP contribution in [-0.2, 0) is 45.1 Å². The smallest absolute Gasteiger partial charge is 0.457 e. The maximum Gasteiger partial charge on any atom is 2.00 e. The van der Waals surface area contributed by atoms with Crippen molar-refractivity contribution in [3.8, 4) is 0 Å². The standard InChI is InChI=1S/C12H32N6.4ClHO4.2Cu.2H2O/c13-3-9-17(10-4-14)7-1-2-8-18(11-5-15)12-6-16;4*2-1(3,4)5;;;;/h1-16H2;4*(H,2,3,4,5);;;2*1H2/q;;;;;2*+2;;/p-2. The zero-order valence-electron chi connectivity index (χ0n) is 21.5. The zero-order chi connectivity index (χ0) is 31.6. The number of nitrogens with zero attached hydrogens (tertiary/aromatic N) is 2. The van der Waals surface area contributed by atoms with E-state index in [1.165, 1.54) is 12.8 Å². The second kappa shape index (κ2) is 38.4. The second-order valence-corrected chi connectivity index (χ2v) is 9.08. The van der Waals surface area contributed by atoms with Crippen molar-refractivity contribution >= 4 is 0 Å². The van der Waals surface area contributed by atoms with Gasteiger partial charge in [0.1, 0.15) is 0 Å². The molecule has 0 aliphatic carbocycles. The van der Waals surface area contributed by atoms with Crippen LogP contribution in [0, 0.1) is 41.0 Å². The number of unbranched alkanes of at least 4 members (excludes halogenated alkanes) is 1. The average Bonchev–Trinajstić information content (AvgIpc) is 2.60. The Morgan fingerprint density at radius 3 is 0.548 bits per heavy atom. The van der Waals surface area contributed by atoms with Gasteiger partial charge in [-0.15, -0.1) is 41.0 Å². The van der Waals surface area contributed by atoms with Gasteiger partial charge in [-0.25, -0.2) is 74.5 Å². The molecule has 24 nitrogen and oxygen atoms in total. The summed E-state index contributed by atoms with van der Waals surface area (Å²) in [5.41, 5.74) is 22.3. The molecule has 0 fully saturated rings. The summed E-state index contributed by atoms with van der Waals surface area (Å²) in [6, 6.07) is 0. The van der Waals surface area contributed by atoms with Crippen molar-refractivity contribution < 1.29 is 161 Å². The maximum atomic E-state index is 8.49. The Labute approximate surface area is 270 Å². The summed E-state index contributed by atoms with van der Waals surface area (Å²) >= 11 is 0. The molecule has 0 aromatic rings. The SMILES string of the molecule is NCCN(CCN)CCCCN(CCN)CCN.[Cu+2].[Cu+2].[O-][Cl+3]([O-])([O-])[O-].[O-][Cl+3]([O-])([O-])[O-].[O-][Cl+3]([O-])([O-])[O-].[O-][Cl+3]([O-])([O-])[O-].[OH3+].[OH3+]. The van der Waals surface area contributed by atoms with Gasteiger partial charge in [-0.1, -0.05) is 0 Å². The van der Waals surface area contributed by atoms with E-state index in [1.54, 1.807) is 0 Å². The van der Waals surface area contributed by atoms with Gasteiger partial charge in [-0.05, 0) is 25.9 Å². The van der Waals surface area contributed by atoms with Crippen LogP contribution in [0.3, 0.4) is 0 Å². The van der Waals surface area contributed by atoms with Crippen molar-refractivity contribution in [3.63, 3.8) is 0 Å². The number of rotatable bonds is 13. The Bertz CT molecular complexity index is 396. The van der Waals surface area contributed by atoms with Gasteiger partial charge >= 0.3 is 34.1 Å². The van der Waals surface area contributed by atoms with Crippen LogP contribution in [0.4, 0.5) is 0 Å². The first kappa shape index (κ1) is 65.8. The van der Waals surface area contributed by atoms with E-state index in [-0.39, 0.29) is 45.1 Å². The molecular weight excluding hydrogens is 785 g/mol. The van der Waals surface area contributed by atoms with Gasteiger partial charge in [0.05, 0.1) is 0 Å². The van der Waals surface area contributed by atoms with Crippen molar-refractivity contribution in [2.45, 2.75) is 12.8 Å². The van der Waals surface area contributed by atoms with Crippen LogP contribution >= 0.6 is 0 Å². The van der Waals surface area contributed by atoms with Gasteiger partial charge in [0, 0.05) is 52.4 Å². The molecule has 14 N–H and O–H groups in total. The number of hydrogen-bond acceptors (Lipinski definition) is 22. The Balaban J connectivity index is -0.0000000538. The number of hydrogen-bond donors (Lipinski definition) is 4. The molecule has 0 saturated carbocycles. The normalized spacial score (nSPS) is 10.7. The Hall–Kier alpha value is 1.24. The quantitative estimate of drug-likeness (QED) is 0.0761. The van der Waals surface area contributed by atoms with Crippen LogP contribution < -0.4 is 97.5 Å². The Morgan fingerprint density at radius 2 is 0.452 bits per heavy atom. The number of nitrogens with two attached hydrogens (primary N) is 4. The third-order valence-electron chi connectivity index (χ3n) is 2.98. The predicted molar refractivity (Wildman–Crippen MR) is 88.1 cm³/mol. The Morgan fingerprint density at radius 1 is 0.333 bits per heavy atom. The van der Waals surface area contributed by atoms with Gasteiger partial charge in [0.25, 0.3) is 0 Å². The minimum atomic E-state index is -4.94. The number of halogens is 4. The fourth-order valence-corrected chi connectivity index (χ4v) is 2.07. The largest absolute Gasteiger partial charge is 2.00 e. The zero-order valence-corrected chi connectivity index (χ0v) is 26.4. The van der Waals surface area contributed by atoms with Crippen LogP contribution in [0.25, 0.3) is 0 Å². The molecule has 272 valence electrons. The molecule has 0 aromatic carbocycles. The molecule has 0 spiro atoms. The summed E-state index contributed by atoms with van der Waals surface area (Å²) in [6.45, 7) is 8.71. The molecule has 2 radical (unpaired) electrons. The second-order valence-electron chi connectivity index (χ2n) is 6.06. The predicted octanol–water partition coefficient (Wildman–Crippen LogP) is -22.7. The van der Waals surface area contributed by atoms with E-state index in [0.717, 1.165) is 39.3 Å². The minimum absolute atomic E-state index is 0.